The Morgan fingerprint density at radius 1 is 1.50 bits per heavy atom. The molecule has 0 aliphatic rings. The summed E-state index contributed by atoms with van der Waals surface area (Å²) >= 11 is 0. The van der Waals surface area contributed by atoms with Crippen LogP contribution in [-0.2, 0) is 0 Å². The van der Waals surface area contributed by atoms with Gasteiger partial charge in [0.25, 0.3) is 0 Å². The number of hydrogen-bond donors (Lipinski definition) is 1. The van der Waals surface area contributed by atoms with E-state index in [2.05, 4.69) is 0 Å². The van der Waals surface area contributed by atoms with Crippen LogP contribution in [0.1, 0.15) is 35.7 Å². The van der Waals surface area contributed by atoms with Gasteiger partial charge in [0, 0.05) is 12.5 Å². The van der Waals surface area contributed by atoms with Gasteiger partial charge in [-0.3, -0.25) is 14.9 Å². The second-order valence-corrected chi connectivity index (χ2v) is 3.61. The quantitative estimate of drug-likeness (QED) is 0.483. The van der Waals surface area contributed by atoms with Gasteiger partial charge in [0.15, 0.2) is 5.78 Å². The summed E-state index contributed by atoms with van der Waals surface area (Å²) in [5.41, 5.74) is 0.206. The van der Waals surface area contributed by atoms with Crippen molar-refractivity contribution in [1.29, 1.82) is 0 Å². The molecule has 5 nitrogen and oxygen atoms in total. The zero-order valence-electron chi connectivity index (χ0n) is 9.19. The Morgan fingerprint density at radius 2 is 2.12 bits per heavy atom. The minimum Gasteiger partial charge on any atom is -0.502 e. The second kappa shape index (κ2) is 4.74. The Labute approximate surface area is 92.9 Å². The lowest BCUT2D eigenvalue weighted by Crippen LogP contribution is -2.01. The molecule has 0 spiro atoms. The maximum absolute atomic E-state index is 11.6. The topological polar surface area (TPSA) is 80.4 Å². The van der Waals surface area contributed by atoms with E-state index in [1.165, 1.54) is 12.1 Å². The van der Waals surface area contributed by atoms with Gasteiger partial charge in [0.1, 0.15) is 0 Å². The van der Waals surface area contributed by atoms with E-state index >= 15 is 0 Å². The highest BCUT2D eigenvalue weighted by Crippen LogP contribution is 2.31. The number of carbonyl (C=O) groups excluding carboxylic acids is 1. The van der Waals surface area contributed by atoms with E-state index in [-0.39, 0.29) is 17.8 Å². The number of carbonyl (C=O) groups is 1. The summed E-state index contributed by atoms with van der Waals surface area (Å²) in [5.74, 6) is -0.805. The molecule has 0 saturated carbocycles. The van der Waals surface area contributed by atoms with Crippen LogP contribution in [-0.4, -0.2) is 15.8 Å². The van der Waals surface area contributed by atoms with Crippen molar-refractivity contribution in [3.05, 3.63) is 33.4 Å². The molecule has 0 aromatic heterocycles. The number of aromatic hydroxyl groups is 1. The zero-order chi connectivity index (χ0) is 12.3. The minimum atomic E-state index is -0.689. The van der Waals surface area contributed by atoms with Crippen molar-refractivity contribution in [3.63, 3.8) is 0 Å². The van der Waals surface area contributed by atoms with Crippen LogP contribution in [0.2, 0.25) is 0 Å². The molecule has 0 radical (unpaired) electrons. The summed E-state index contributed by atoms with van der Waals surface area (Å²) in [7, 11) is 0. The van der Waals surface area contributed by atoms with Crippen LogP contribution in [0.5, 0.6) is 5.75 Å². The minimum absolute atomic E-state index is 0.0357. The van der Waals surface area contributed by atoms with Crippen molar-refractivity contribution in [1.82, 2.24) is 0 Å². The van der Waals surface area contributed by atoms with Crippen LogP contribution in [0.4, 0.5) is 5.69 Å². The third-order valence-corrected chi connectivity index (χ3v) is 2.21. The molecule has 0 fully saturated rings. The van der Waals surface area contributed by atoms with Gasteiger partial charge in [0.2, 0.25) is 5.75 Å². The van der Waals surface area contributed by atoms with E-state index < -0.39 is 16.4 Å². The third-order valence-electron chi connectivity index (χ3n) is 2.21. The fourth-order valence-electron chi connectivity index (χ4n) is 1.47. The first-order valence-corrected chi connectivity index (χ1v) is 4.98. The molecule has 0 unspecified atom stereocenters. The molecule has 1 rings (SSSR count). The number of rotatable bonds is 4. The first-order chi connectivity index (χ1) is 7.47. The van der Waals surface area contributed by atoms with E-state index in [0.29, 0.717) is 12.0 Å². The number of benzene rings is 1. The average molecular weight is 223 g/mol. The van der Waals surface area contributed by atoms with Crippen LogP contribution in [0.3, 0.4) is 0 Å². The smallest absolute Gasteiger partial charge is 0.311 e. The molecule has 0 bridgehead atoms. The van der Waals surface area contributed by atoms with Crippen molar-refractivity contribution >= 4 is 11.5 Å². The molecule has 0 heterocycles. The highest BCUT2D eigenvalue weighted by Gasteiger charge is 2.21. The second-order valence-electron chi connectivity index (χ2n) is 3.61. The third kappa shape index (κ3) is 2.36. The number of nitro benzene ring substituents is 1. The highest BCUT2D eigenvalue weighted by atomic mass is 16.6. The Balaban J connectivity index is 3.29. The molecule has 0 atom stereocenters. The van der Waals surface area contributed by atoms with E-state index in [9.17, 15) is 20.0 Å². The number of nitrogens with zero attached hydrogens (tertiary/aromatic N) is 1. The van der Waals surface area contributed by atoms with Crippen LogP contribution in [0.15, 0.2) is 12.1 Å². The Morgan fingerprint density at radius 3 is 2.62 bits per heavy atom. The lowest BCUT2D eigenvalue weighted by atomic mass is 10.0. The molecule has 0 aliphatic carbocycles. The van der Waals surface area contributed by atoms with E-state index in [4.69, 9.17) is 0 Å². The molecular formula is C11H13NO4. The van der Waals surface area contributed by atoms with Crippen LogP contribution >= 0.6 is 0 Å². The number of ketones is 1. The lowest BCUT2D eigenvalue weighted by molar-refractivity contribution is -0.385. The summed E-state index contributed by atoms with van der Waals surface area (Å²) in [6, 6.07) is 2.72. The van der Waals surface area contributed by atoms with Gasteiger partial charge >= 0.3 is 5.69 Å². The van der Waals surface area contributed by atoms with Gasteiger partial charge in [-0.25, -0.2) is 0 Å². The summed E-state index contributed by atoms with van der Waals surface area (Å²) < 4.78 is 0. The predicted molar refractivity (Wildman–Crippen MR) is 58.7 cm³/mol. The standard InChI is InChI=1S/C11H13NO4/c1-3-4-10(13)8-5-7(2)6-9(11(8)14)12(15)16/h5-6,14H,3-4H2,1-2H3. The van der Waals surface area contributed by atoms with Crippen molar-refractivity contribution < 1.29 is 14.8 Å². The number of aryl methyl sites for hydroxylation is 1. The molecule has 1 aromatic carbocycles. The van der Waals surface area contributed by atoms with Crippen molar-refractivity contribution in [2.45, 2.75) is 26.7 Å². The summed E-state index contributed by atoms with van der Waals surface area (Å²) in [6.07, 6.45) is 0.911. The number of phenols is 1. The summed E-state index contributed by atoms with van der Waals surface area (Å²) in [6.45, 7) is 3.48. The Bertz CT molecular complexity index is 440. The number of phenolic OH excluding ortho intramolecular Hbond substituents is 1. The fourth-order valence-corrected chi connectivity index (χ4v) is 1.47. The lowest BCUT2D eigenvalue weighted by Gasteiger charge is -2.05. The zero-order valence-corrected chi connectivity index (χ0v) is 9.19. The van der Waals surface area contributed by atoms with Gasteiger partial charge in [-0.15, -0.1) is 0 Å². The van der Waals surface area contributed by atoms with Crippen LogP contribution in [0.25, 0.3) is 0 Å². The molecule has 1 aromatic rings. The molecule has 16 heavy (non-hydrogen) atoms. The van der Waals surface area contributed by atoms with Gasteiger partial charge < -0.3 is 5.11 Å². The monoisotopic (exact) mass is 223 g/mol. The first kappa shape index (κ1) is 12.2. The van der Waals surface area contributed by atoms with Crippen molar-refractivity contribution in [2.75, 3.05) is 0 Å². The van der Waals surface area contributed by atoms with Crippen molar-refractivity contribution in [3.8, 4) is 5.75 Å². The Hall–Kier alpha value is -1.91. The number of nitro groups is 1. The highest BCUT2D eigenvalue weighted by molar-refractivity contribution is 5.99. The first-order valence-electron chi connectivity index (χ1n) is 4.98. The largest absolute Gasteiger partial charge is 0.502 e. The summed E-state index contributed by atoms with van der Waals surface area (Å²) in [5, 5.41) is 20.3. The fraction of sp³-hybridized carbons (Fsp3) is 0.364. The van der Waals surface area contributed by atoms with Crippen LogP contribution < -0.4 is 0 Å². The molecule has 5 heteroatoms. The van der Waals surface area contributed by atoms with Crippen molar-refractivity contribution in [2.24, 2.45) is 0 Å². The predicted octanol–water partition coefficient (Wildman–Crippen LogP) is 2.59. The molecule has 0 aliphatic heterocycles. The van der Waals surface area contributed by atoms with Gasteiger partial charge in [-0.05, 0) is 25.0 Å². The van der Waals surface area contributed by atoms with Crippen LogP contribution in [0, 0.1) is 17.0 Å². The van der Waals surface area contributed by atoms with Gasteiger partial charge in [-0.2, -0.15) is 0 Å². The summed E-state index contributed by atoms with van der Waals surface area (Å²) in [4.78, 5) is 21.6. The normalized spacial score (nSPS) is 10.1. The molecule has 0 saturated heterocycles. The maximum atomic E-state index is 11.6. The Kier molecular flexibility index (Phi) is 3.60. The molecule has 86 valence electrons. The SMILES string of the molecule is CCCC(=O)c1cc(C)cc([N+](=O)[O-])c1O. The molecule has 0 amide bonds. The van der Waals surface area contributed by atoms with E-state index in [1.54, 1.807) is 6.92 Å². The average Bonchev–Trinajstić information content (AvgIpc) is 2.20. The maximum Gasteiger partial charge on any atom is 0.311 e. The van der Waals surface area contributed by atoms with Gasteiger partial charge in [0.05, 0.1) is 10.5 Å². The van der Waals surface area contributed by atoms with E-state index in [1.807, 2.05) is 6.92 Å². The van der Waals surface area contributed by atoms with E-state index in [0.717, 1.165) is 0 Å². The number of Topliss-reactive ketones (excluding diaryl/α,β-unsaturated/α-hetero) is 1. The molecule has 1 N–H and O–H groups in total. The number of hydrogen-bond acceptors (Lipinski definition) is 4. The molecular weight excluding hydrogens is 210 g/mol. The van der Waals surface area contributed by atoms with Gasteiger partial charge in [-0.1, -0.05) is 6.92 Å².